The number of hydrogen-bond donors (Lipinski definition) is 0. The highest BCUT2D eigenvalue weighted by atomic mass is 32.2. The fourth-order valence-electron chi connectivity index (χ4n) is 3.10. The molecule has 148 valence electrons. The van der Waals surface area contributed by atoms with Gasteiger partial charge in [-0.2, -0.15) is 9.29 Å². The van der Waals surface area contributed by atoms with E-state index in [1.165, 1.54) is 17.4 Å². The van der Waals surface area contributed by atoms with E-state index in [0.29, 0.717) is 28.8 Å². The number of aromatic nitrogens is 1. The van der Waals surface area contributed by atoms with Gasteiger partial charge in [0.15, 0.2) is 0 Å². The zero-order valence-corrected chi connectivity index (χ0v) is 16.1. The van der Waals surface area contributed by atoms with E-state index in [2.05, 4.69) is 4.98 Å². The first-order chi connectivity index (χ1) is 13.3. The molecular formula is C18H15F3N2O3S2. The standard InChI is InChI=1S/C18H15F3N2O3S2/c19-11-4-5-16(14(21)10-11)28(24,25)23-8-6-12(7-9-23)26-18-22-17-13(20)2-1-3-15(17)27-18/h1-5,10,12H,6-9H2. The van der Waals surface area contributed by atoms with Crippen molar-refractivity contribution >= 4 is 31.6 Å². The Morgan fingerprint density at radius 2 is 1.82 bits per heavy atom. The van der Waals surface area contributed by atoms with Gasteiger partial charge < -0.3 is 4.74 Å². The number of hydrogen-bond acceptors (Lipinski definition) is 5. The third-order valence-electron chi connectivity index (χ3n) is 4.53. The summed E-state index contributed by atoms with van der Waals surface area (Å²) >= 11 is 1.22. The Labute approximate surface area is 163 Å². The summed E-state index contributed by atoms with van der Waals surface area (Å²) in [5.74, 6) is -2.38. The minimum absolute atomic E-state index is 0.128. The SMILES string of the molecule is O=S(=O)(c1ccc(F)cc1F)N1CCC(Oc2nc3c(F)cccc3s2)CC1. The molecule has 4 rings (SSSR count). The van der Waals surface area contributed by atoms with Crippen LogP contribution in [-0.4, -0.2) is 36.9 Å². The van der Waals surface area contributed by atoms with Crippen molar-refractivity contribution in [1.29, 1.82) is 0 Å². The summed E-state index contributed by atoms with van der Waals surface area (Å²) in [5.41, 5.74) is 0.245. The van der Waals surface area contributed by atoms with Crippen LogP contribution in [0.5, 0.6) is 5.19 Å². The number of nitrogens with zero attached hydrogens (tertiary/aromatic N) is 2. The summed E-state index contributed by atoms with van der Waals surface area (Å²) in [5, 5.41) is 0.325. The lowest BCUT2D eigenvalue weighted by Crippen LogP contribution is -2.42. The molecule has 2 aromatic carbocycles. The molecule has 2 heterocycles. The monoisotopic (exact) mass is 428 g/mol. The first-order valence-corrected chi connectivity index (χ1v) is 10.8. The van der Waals surface area contributed by atoms with Crippen molar-refractivity contribution in [3.63, 3.8) is 0 Å². The second kappa shape index (κ2) is 7.34. The maximum atomic E-state index is 13.9. The van der Waals surface area contributed by atoms with E-state index >= 15 is 0 Å². The van der Waals surface area contributed by atoms with Gasteiger partial charge in [0, 0.05) is 19.2 Å². The molecule has 0 atom stereocenters. The highest BCUT2D eigenvalue weighted by molar-refractivity contribution is 7.89. The minimum Gasteiger partial charge on any atom is -0.467 e. The molecule has 0 bridgehead atoms. The van der Waals surface area contributed by atoms with Crippen molar-refractivity contribution in [1.82, 2.24) is 9.29 Å². The van der Waals surface area contributed by atoms with Gasteiger partial charge in [-0.15, -0.1) is 0 Å². The van der Waals surface area contributed by atoms with Crippen LogP contribution in [0.1, 0.15) is 12.8 Å². The molecule has 0 aliphatic carbocycles. The molecule has 1 fully saturated rings. The molecule has 0 N–H and O–H groups in total. The van der Waals surface area contributed by atoms with Gasteiger partial charge in [-0.05, 0) is 37.1 Å². The molecule has 28 heavy (non-hydrogen) atoms. The smallest absolute Gasteiger partial charge is 0.274 e. The van der Waals surface area contributed by atoms with Gasteiger partial charge in [0.05, 0.1) is 4.70 Å². The Balaban J connectivity index is 1.44. The third-order valence-corrected chi connectivity index (χ3v) is 7.37. The Morgan fingerprint density at radius 1 is 1.07 bits per heavy atom. The van der Waals surface area contributed by atoms with E-state index in [-0.39, 0.29) is 24.7 Å². The van der Waals surface area contributed by atoms with Crippen molar-refractivity contribution in [2.45, 2.75) is 23.8 Å². The van der Waals surface area contributed by atoms with Crippen molar-refractivity contribution in [2.24, 2.45) is 0 Å². The van der Waals surface area contributed by atoms with Crippen molar-refractivity contribution in [3.05, 3.63) is 53.8 Å². The fraction of sp³-hybridized carbons (Fsp3) is 0.278. The van der Waals surface area contributed by atoms with E-state index in [1.807, 2.05) is 0 Å². The Hall–Kier alpha value is -2.17. The minimum atomic E-state index is -4.06. The number of para-hydroxylation sites is 1. The summed E-state index contributed by atoms with van der Waals surface area (Å²) in [6.07, 6.45) is 0.467. The second-order valence-electron chi connectivity index (χ2n) is 6.36. The number of thiazole rings is 1. The quantitative estimate of drug-likeness (QED) is 0.632. The Kier molecular flexibility index (Phi) is 5.02. The number of fused-ring (bicyclic) bond motifs is 1. The number of sulfonamides is 1. The van der Waals surface area contributed by atoms with Gasteiger partial charge in [-0.25, -0.2) is 21.6 Å². The molecule has 1 aliphatic rings. The first-order valence-electron chi connectivity index (χ1n) is 8.51. The van der Waals surface area contributed by atoms with Gasteiger partial charge in [-0.1, -0.05) is 17.4 Å². The van der Waals surface area contributed by atoms with Crippen LogP contribution in [0.4, 0.5) is 13.2 Å². The van der Waals surface area contributed by atoms with Crippen LogP contribution in [0.2, 0.25) is 0 Å². The number of rotatable bonds is 4. The summed E-state index contributed by atoms with van der Waals surface area (Å²) in [4.78, 5) is 3.60. The average molecular weight is 428 g/mol. The molecule has 0 radical (unpaired) electrons. The highest BCUT2D eigenvalue weighted by Crippen LogP contribution is 2.32. The molecule has 0 saturated carbocycles. The van der Waals surface area contributed by atoms with Gasteiger partial charge in [-0.3, -0.25) is 0 Å². The Bertz CT molecular complexity index is 1130. The normalized spacial score (nSPS) is 16.5. The maximum absolute atomic E-state index is 13.9. The van der Waals surface area contributed by atoms with Crippen LogP contribution in [-0.2, 0) is 10.0 Å². The predicted octanol–water partition coefficient (Wildman–Crippen LogP) is 3.95. The van der Waals surface area contributed by atoms with Gasteiger partial charge in [0.1, 0.15) is 34.0 Å². The first kappa shape index (κ1) is 19.2. The maximum Gasteiger partial charge on any atom is 0.274 e. The second-order valence-corrected chi connectivity index (χ2v) is 9.26. The van der Waals surface area contributed by atoms with E-state index in [1.54, 1.807) is 12.1 Å². The van der Waals surface area contributed by atoms with Gasteiger partial charge in [0.2, 0.25) is 10.0 Å². The number of ether oxygens (including phenoxy) is 1. The van der Waals surface area contributed by atoms with Gasteiger partial charge >= 0.3 is 0 Å². The van der Waals surface area contributed by atoms with Crippen LogP contribution in [0, 0.1) is 17.5 Å². The topological polar surface area (TPSA) is 59.5 Å². The van der Waals surface area contributed by atoms with Crippen LogP contribution in [0.3, 0.4) is 0 Å². The summed E-state index contributed by atoms with van der Waals surface area (Å²) in [6.45, 7) is 0.256. The molecule has 1 aromatic heterocycles. The fourth-order valence-corrected chi connectivity index (χ4v) is 5.51. The molecule has 0 spiro atoms. The van der Waals surface area contributed by atoms with Gasteiger partial charge in [0.25, 0.3) is 5.19 Å². The zero-order chi connectivity index (χ0) is 19.9. The van der Waals surface area contributed by atoms with Crippen LogP contribution in [0.25, 0.3) is 10.2 Å². The van der Waals surface area contributed by atoms with Crippen LogP contribution < -0.4 is 4.74 Å². The van der Waals surface area contributed by atoms with E-state index in [9.17, 15) is 21.6 Å². The predicted molar refractivity (Wildman–Crippen MR) is 98.3 cm³/mol. The van der Waals surface area contributed by atoms with Crippen LogP contribution >= 0.6 is 11.3 Å². The summed E-state index contributed by atoms with van der Waals surface area (Å²) < 4.78 is 73.5. The van der Waals surface area contributed by atoms with Crippen molar-refractivity contribution in [2.75, 3.05) is 13.1 Å². The average Bonchev–Trinajstić information content (AvgIpc) is 3.06. The molecule has 5 nitrogen and oxygen atoms in total. The molecule has 0 unspecified atom stereocenters. The molecular weight excluding hydrogens is 413 g/mol. The lowest BCUT2D eigenvalue weighted by atomic mass is 10.1. The van der Waals surface area contributed by atoms with Crippen LogP contribution in [0.15, 0.2) is 41.3 Å². The van der Waals surface area contributed by atoms with E-state index in [4.69, 9.17) is 4.74 Å². The zero-order valence-electron chi connectivity index (χ0n) is 14.4. The molecule has 1 aliphatic heterocycles. The Morgan fingerprint density at radius 3 is 2.50 bits per heavy atom. The molecule has 0 amide bonds. The van der Waals surface area contributed by atoms with Crippen molar-refractivity contribution in [3.8, 4) is 5.19 Å². The largest absolute Gasteiger partial charge is 0.467 e. The molecule has 3 aromatic rings. The number of benzene rings is 2. The third kappa shape index (κ3) is 3.59. The number of halogens is 3. The highest BCUT2D eigenvalue weighted by Gasteiger charge is 2.32. The molecule has 10 heteroatoms. The lowest BCUT2D eigenvalue weighted by Gasteiger charge is -2.30. The summed E-state index contributed by atoms with van der Waals surface area (Å²) in [7, 11) is -4.06. The van der Waals surface area contributed by atoms with E-state index in [0.717, 1.165) is 16.4 Å². The van der Waals surface area contributed by atoms with E-state index < -0.39 is 32.4 Å². The lowest BCUT2D eigenvalue weighted by molar-refractivity contribution is 0.135. The van der Waals surface area contributed by atoms with Crippen molar-refractivity contribution < 1.29 is 26.3 Å². The number of piperidine rings is 1. The summed E-state index contributed by atoms with van der Waals surface area (Å²) in [6, 6.07) is 7.06. The molecule has 1 saturated heterocycles.